The van der Waals surface area contributed by atoms with Crippen molar-refractivity contribution in [3.8, 4) is 16.9 Å². The summed E-state index contributed by atoms with van der Waals surface area (Å²) >= 11 is 0. The number of aliphatic carboxylic acids is 1. The molecule has 0 saturated carbocycles. The van der Waals surface area contributed by atoms with E-state index in [1.807, 2.05) is 30.3 Å². The Kier molecular flexibility index (Phi) is 4.56. The van der Waals surface area contributed by atoms with Gasteiger partial charge in [0.25, 0.3) is 5.91 Å². The van der Waals surface area contributed by atoms with Crippen LogP contribution in [0.3, 0.4) is 0 Å². The van der Waals surface area contributed by atoms with E-state index < -0.39 is 18.4 Å². The molecule has 0 fully saturated rings. The van der Waals surface area contributed by atoms with Gasteiger partial charge in [-0.25, -0.2) is 0 Å². The molecule has 21 heavy (non-hydrogen) atoms. The molecule has 0 aliphatic rings. The fourth-order valence-electron chi connectivity index (χ4n) is 1.88. The van der Waals surface area contributed by atoms with Crippen LogP contribution in [0.1, 0.15) is 10.4 Å². The minimum Gasteiger partial charge on any atom is -0.548 e. The molecule has 0 spiro atoms. The fraction of sp³-hybridized carbons (Fsp3) is 0.125. The Morgan fingerprint density at radius 1 is 1.10 bits per heavy atom. The van der Waals surface area contributed by atoms with Gasteiger partial charge in [-0.3, -0.25) is 4.79 Å². The number of amides is 1. The Labute approximate surface area is 122 Å². The van der Waals surface area contributed by atoms with Gasteiger partial charge in [-0.1, -0.05) is 24.3 Å². The van der Waals surface area contributed by atoms with Crippen LogP contribution in [-0.2, 0) is 4.79 Å². The lowest BCUT2D eigenvalue weighted by atomic mass is 10.0. The average Bonchev–Trinajstić information content (AvgIpc) is 2.52. The van der Waals surface area contributed by atoms with Crippen LogP contribution in [0.15, 0.2) is 48.5 Å². The second-order valence-corrected chi connectivity index (χ2v) is 4.36. The Bertz CT molecular complexity index is 650. The molecule has 0 heterocycles. The molecule has 1 N–H and O–H groups in total. The summed E-state index contributed by atoms with van der Waals surface area (Å²) in [5.41, 5.74) is 2.19. The molecular formula is C16H14NO4-. The van der Waals surface area contributed by atoms with Gasteiger partial charge >= 0.3 is 0 Å². The number of carbonyl (C=O) groups excluding carboxylic acids is 2. The second-order valence-electron chi connectivity index (χ2n) is 4.36. The molecule has 0 radical (unpaired) electrons. The number of carboxylic acids is 1. The van der Waals surface area contributed by atoms with Crippen molar-refractivity contribution in [2.45, 2.75) is 0 Å². The molecule has 2 aromatic carbocycles. The van der Waals surface area contributed by atoms with Gasteiger partial charge in [0.2, 0.25) is 0 Å². The topological polar surface area (TPSA) is 78.5 Å². The van der Waals surface area contributed by atoms with Crippen LogP contribution in [0.5, 0.6) is 5.75 Å². The van der Waals surface area contributed by atoms with Crippen molar-refractivity contribution in [2.24, 2.45) is 0 Å². The van der Waals surface area contributed by atoms with Gasteiger partial charge in [0.15, 0.2) is 0 Å². The summed E-state index contributed by atoms with van der Waals surface area (Å²) in [5, 5.41) is 12.6. The highest BCUT2D eigenvalue weighted by molar-refractivity contribution is 5.96. The van der Waals surface area contributed by atoms with Crippen molar-refractivity contribution in [3.63, 3.8) is 0 Å². The van der Waals surface area contributed by atoms with E-state index in [4.69, 9.17) is 4.74 Å². The molecule has 0 unspecified atom stereocenters. The quantitative estimate of drug-likeness (QED) is 0.882. The van der Waals surface area contributed by atoms with E-state index in [1.54, 1.807) is 25.3 Å². The Morgan fingerprint density at radius 2 is 1.81 bits per heavy atom. The molecule has 5 nitrogen and oxygen atoms in total. The third-order valence-corrected chi connectivity index (χ3v) is 2.94. The third-order valence-electron chi connectivity index (χ3n) is 2.94. The molecule has 2 rings (SSSR count). The summed E-state index contributed by atoms with van der Waals surface area (Å²) in [6.07, 6.45) is 0. The maximum Gasteiger partial charge on any atom is 0.251 e. The number of hydrogen-bond acceptors (Lipinski definition) is 4. The SMILES string of the molecule is COc1ccc(-c2cccc(C(=O)NCC(=O)[O-])c2)cc1. The van der Waals surface area contributed by atoms with E-state index in [-0.39, 0.29) is 0 Å². The van der Waals surface area contributed by atoms with Crippen LogP contribution >= 0.6 is 0 Å². The summed E-state index contributed by atoms with van der Waals surface area (Å²) in [6, 6.07) is 14.4. The van der Waals surface area contributed by atoms with E-state index in [1.165, 1.54) is 0 Å². The number of hydrogen-bond donors (Lipinski definition) is 1. The van der Waals surface area contributed by atoms with Gasteiger partial charge in [-0.15, -0.1) is 0 Å². The first-order chi connectivity index (χ1) is 10.1. The van der Waals surface area contributed by atoms with Gasteiger partial charge in [0.1, 0.15) is 5.75 Å². The Balaban J connectivity index is 2.20. The number of carboxylic acid groups (broad SMARTS) is 1. The fourth-order valence-corrected chi connectivity index (χ4v) is 1.88. The number of nitrogens with one attached hydrogen (secondary N) is 1. The predicted molar refractivity (Wildman–Crippen MR) is 75.8 cm³/mol. The summed E-state index contributed by atoms with van der Waals surface area (Å²) < 4.78 is 5.10. The molecule has 0 bridgehead atoms. The van der Waals surface area contributed by atoms with Crippen molar-refractivity contribution in [2.75, 3.05) is 13.7 Å². The number of carbonyl (C=O) groups is 2. The van der Waals surface area contributed by atoms with E-state index in [0.29, 0.717) is 5.56 Å². The first-order valence-corrected chi connectivity index (χ1v) is 6.32. The Hall–Kier alpha value is -2.82. The maximum absolute atomic E-state index is 11.8. The molecule has 0 saturated heterocycles. The zero-order valence-electron chi connectivity index (χ0n) is 11.5. The number of methoxy groups -OCH3 is 1. The van der Waals surface area contributed by atoms with Crippen LogP contribution in [0.25, 0.3) is 11.1 Å². The summed E-state index contributed by atoms with van der Waals surface area (Å²) in [4.78, 5) is 22.2. The molecule has 108 valence electrons. The molecule has 2 aromatic rings. The molecule has 0 aromatic heterocycles. The zero-order valence-corrected chi connectivity index (χ0v) is 11.5. The zero-order chi connectivity index (χ0) is 15.2. The van der Waals surface area contributed by atoms with Gasteiger partial charge in [0.05, 0.1) is 19.6 Å². The highest BCUT2D eigenvalue weighted by Crippen LogP contribution is 2.23. The minimum absolute atomic E-state index is 0.393. The van der Waals surface area contributed by atoms with Gasteiger partial charge in [-0.05, 0) is 35.4 Å². The van der Waals surface area contributed by atoms with E-state index >= 15 is 0 Å². The van der Waals surface area contributed by atoms with Crippen LogP contribution in [-0.4, -0.2) is 25.5 Å². The molecule has 0 atom stereocenters. The number of rotatable bonds is 5. The summed E-state index contributed by atoms with van der Waals surface area (Å²) in [6.45, 7) is -0.508. The van der Waals surface area contributed by atoms with E-state index in [0.717, 1.165) is 16.9 Å². The maximum atomic E-state index is 11.8. The highest BCUT2D eigenvalue weighted by atomic mass is 16.5. The van der Waals surface area contributed by atoms with Crippen LogP contribution in [0.2, 0.25) is 0 Å². The van der Waals surface area contributed by atoms with E-state index in [9.17, 15) is 14.7 Å². The Morgan fingerprint density at radius 3 is 2.43 bits per heavy atom. The number of ether oxygens (including phenoxy) is 1. The van der Waals surface area contributed by atoms with Gasteiger partial charge in [0, 0.05) is 5.56 Å². The number of benzene rings is 2. The van der Waals surface area contributed by atoms with Crippen LogP contribution in [0.4, 0.5) is 0 Å². The standard InChI is InChI=1S/C16H15NO4/c1-21-14-7-5-11(6-8-14)12-3-2-4-13(9-12)16(20)17-10-15(18)19/h2-9H,10H2,1H3,(H,17,20)(H,18,19)/p-1. The van der Waals surface area contributed by atoms with Gasteiger partial charge in [-0.2, -0.15) is 0 Å². The van der Waals surface area contributed by atoms with Crippen molar-refractivity contribution in [1.29, 1.82) is 0 Å². The molecular weight excluding hydrogens is 270 g/mol. The van der Waals surface area contributed by atoms with Crippen molar-refractivity contribution < 1.29 is 19.4 Å². The smallest absolute Gasteiger partial charge is 0.251 e. The first kappa shape index (κ1) is 14.6. The van der Waals surface area contributed by atoms with E-state index in [2.05, 4.69) is 5.32 Å². The lowest BCUT2D eigenvalue weighted by Gasteiger charge is -2.08. The van der Waals surface area contributed by atoms with Crippen molar-refractivity contribution >= 4 is 11.9 Å². The first-order valence-electron chi connectivity index (χ1n) is 6.32. The highest BCUT2D eigenvalue weighted by Gasteiger charge is 2.07. The molecule has 0 aliphatic carbocycles. The normalized spacial score (nSPS) is 9.95. The molecule has 0 aliphatic heterocycles. The van der Waals surface area contributed by atoms with Crippen molar-refractivity contribution in [1.82, 2.24) is 5.32 Å². The molecule has 5 heteroatoms. The van der Waals surface area contributed by atoms with Crippen LogP contribution < -0.4 is 15.2 Å². The van der Waals surface area contributed by atoms with Crippen molar-refractivity contribution in [3.05, 3.63) is 54.1 Å². The summed E-state index contributed by atoms with van der Waals surface area (Å²) in [7, 11) is 1.59. The van der Waals surface area contributed by atoms with Gasteiger partial charge < -0.3 is 20.0 Å². The average molecular weight is 284 g/mol. The van der Waals surface area contributed by atoms with Crippen LogP contribution in [0, 0.1) is 0 Å². The summed E-state index contributed by atoms with van der Waals surface area (Å²) in [5.74, 6) is -1.02. The largest absolute Gasteiger partial charge is 0.548 e. The predicted octanol–water partition coefficient (Wildman–Crippen LogP) is 0.842. The third kappa shape index (κ3) is 3.82. The second kappa shape index (κ2) is 6.56. The molecule has 1 amide bonds. The minimum atomic E-state index is -1.32. The lowest BCUT2D eigenvalue weighted by molar-refractivity contribution is -0.303. The monoisotopic (exact) mass is 284 g/mol. The lowest BCUT2D eigenvalue weighted by Crippen LogP contribution is -2.37.